The topological polar surface area (TPSA) is 67.6 Å². The Morgan fingerprint density at radius 3 is 1.96 bits per heavy atom. The molecule has 0 radical (unpaired) electrons. The van der Waals surface area contributed by atoms with Gasteiger partial charge in [-0.2, -0.15) is 0 Å². The molecule has 0 saturated heterocycles. The van der Waals surface area contributed by atoms with Gasteiger partial charge in [-0.25, -0.2) is 4.68 Å². The van der Waals surface area contributed by atoms with Crippen LogP contribution in [0, 0.1) is 0 Å². The van der Waals surface area contributed by atoms with E-state index in [9.17, 15) is 0 Å². The highest BCUT2D eigenvalue weighted by Crippen LogP contribution is 2.02. The highest BCUT2D eigenvalue weighted by molar-refractivity contribution is 4.92. The van der Waals surface area contributed by atoms with Crippen LogP contribution in [-0.4, -0.2) is 67.8 Å². The molecule has 1 heterocycles. The number of unbranched alkanes of at least 4 members (excludes halogenated alkanes) is 2. The van der Waals surface area contributed by atoms with Crippen LogP contribution >= 0.6 is 0 Å². The fourth-order valence-electron chi connectivity index (χ4n) is 2.18. The van der Waals surface area contributed by atoms with Crippen molar-refractivity contribution < 1.29 is 18.9 Å². The average Bonchev–Trinajstić information content (AvgIpc) is 3.07. The number of hydrogen-bond acceptors (Lipinski definition) is 6. The summed E-state index contributed by atoms with van der Waals surface area (Å²) in [4.78, 5) is 0. The molecule has 0 saturated carbocycles. The van der Waals surface area contributed by atoms with E-state index in [1.165, 1.54) is 19.3 Å². The molecule has 0 atom stereocenters. The summed E-state index contributed by atoms with van der Waals surface area (Å²) in [6.45, 7) is 10.0. The maximum Gasteiger partial charge on any atom is 0.0827 e. The number of aromatic nitrogens is 3. The molecule has 0 aliphatic rings. The van der Waals surface area contributed by atoms with E-state index in [2.05, 4.69) is 24.2 Å². The van der Waals surface area contributed by atoms with Crippen LogP contribution in [0.25, 0.3) is 0 Å². The highest BCUT2D eigenvalue weighted by atomic mass is 16.6. The van der Waals surface area contributed by atoms with Crippen LogP contribution in [0.1, 0.15) is 45.2 Å². The van der Waals surface area contributed by atoms with Gasteiger partial charge in [0.05, 0.1) is 58.5 Å². The summed E-state index contributed by atoms with van der Waals surface area (Å²) in [6, 6.07) is 0. The summed E-state index contributed by atoms with van der Waals surface area (Å²) in [5, 5.41) is 8.30. The van der Waals surface area contributed by atoms with Gasteiger partial charge in [0.2, 0.25) is 0 Å². The molecule has 0 bridgehead atoms. The second-order valence-electron chi connectivity index (χ2n) is 5.88. The Morgan fingerprint density at radius 2 is 1.36 bits per heavy atom. The third-order valence-electron chi connectivity index (χ3n) is 3.55. The number of nitrogens with zero attached hydrogens (tertiary/aromatic N) is 3. The summed E-state index contributed by atoms with van der Waals surface area (Å²) in [6.07, 6.45) is 7.71. The molecule has 0 aliphatic heterocycles. The molecule has 1 rings (SSSR count). The van der Waals surface area contributed by atoms with E-state index in [4.69, 9.17) is 18.9 Å². The third kappa shape index (κ3) is 12.9. The number of rotatable bonds is 18. The minimum absolute atomic E-state index is 0.579. The van der Waals surface area contributed by atoms with Gasteiger partial charge in [-0.05, 0) is 19.3 Å². The Labute approximate surface area is 152 Å². The van der Waals surface area contributed by atoms with Crippen molar-refractivity contribution in [1.82, 2.24) is 15.0 Å². The Balaban J connectivity index is 1.84. The van der Waals surface area contributed by atoms with Crippen LogP contribution < -0.4 is 0 Å². The van der Waals surface area contributed by atoms with Crippen LogP contribution in [0.3, 0.4) is 0 Å². The van der Waals surface area contributed by atoms with Crippen molar-refractivity contribution in [2.45, 2.75) is 52.5 Å². The summed E-state index contributed by atoms with van der Waals surface area (Å²) in [7, 11) is 0. The van der Waals surface area contributed by atoms with Gasteiger partial charge in [0, 0.05) is 12.8 Å². The van der Waals surface area contributed by atoms with Crippen molar-refractivity contribution in [3.8, 4) is 0 Å². The van der Waals surface area contributed by atoms with Crippen molar-refractivity contribution in [3.63, 3.8) is 0 Å². The summed E-state index contributed by atoms with van der Waals surface area (Å²) in [5.74, 6) is 0. The molecular formula is C18H35N3O4. The first kappa shape index (κ1) is 22.0. The molecule has 0 fully saturated rings. The van der Waals surface area contributed by atoms with Gasteiger partial charge in [0.15, 0.2) is 0 Å². The van der Waals surface area contributed by atoms with Gasteiger partial charge in [0.1, 0.15) is 0 Å². The van der Waals surface area contributed by atoms with Gasteiger partial charge in [-0.15, -0.1) is 5.10 Å². The van der Waals surface area contributed by atoms with Crippen LogP contribution in [0.2, 0.25) is 0 Å². The zero-order valence-electron chi connectivity index (χ0n) is 16.0. The average molecular weight is 357 g/mol. The van der Waals surface area contributed by atoms with Crippen molar-refractivity contribution in [2.24, 2.45) is 0 Å². The van der Waals surface area contributed by atoms with E-state index in [1.807, 2.05) is 10.9 Å². The molecule has 146 valence electrons. The molecule has 0 amide bonds. The van der Waals surface area contributed by atoms with E-state index in [0.29, 0.717) is 46.2 Å². The van der Waals surface area contributed by atoms with Crippen molar-refractivity contribution in [2.75, 3.05) is 52.9 Å². The van der Waals surface area contributed by atoms with Gasteiger partial charge in [-0.1, -0.05) is 31.9 Å². The molecule has 0 aliphatic carbocycles. The van der Waals surface area contributed by atoms with E-state index >= 15 is 0 Å². The predicted molar refractivity (Wildman–Crippen MR) is 96.8 cm³/mol. The number of ether oxygens (including phenoxy) is 4. The summed E-state index contributed by atoms with van der Waals surface area (Å²) >= 11 is 0. The van der Waals surface area contributed by atoms with Crippen LogP contribution in [-0.2, 0) is 31.9 Å². The third-order valence-corrected chi connectivity index (χ3v) is 3.55. The minimum Gasteiger partial charge on any atom is -0.379 e. The molecule has 0 unspecified atom stereocenters. The first-order valence-electron chi connectivity index (χ1n) is 9.56. The second-order valence-corrected chi connectivity index (χ2v) is 5.88. The SMILES string of the molecule is CCCCCc1cn(CCOCCOCCOCCOCCC)nn1. The number of aryl methyl sites for hydroxylation is 1. The predicted octanol–water partition coefficient (Wildman–Crippen LogP) is 2.49. The van der Waals surface area contributed by atoms with Gasteiger partial charge >= 0.3 is 0 Å². The molecule has 7 nitrogen and oxygen atoms in total. The molecular weight excluding hydrogens is 322 g/mol. The molecule has 0 N–H and O–H groups in total. The largest absolute Gasteiger partial charge is 0.379 e. The molecule has 0 spiro atoms. The zero-order chi connectivity index (χ0) is 18.0. The molecule has 0 aromatic carbocycles. The Kier molecular flexibility index (Phi) is 14.5. The monoisotopic (exact) mass is 357 g/mol. The Hall–Kier alpha value is -1.02. The van der Waals surface area contributed by atoms with Crippen molar-refractivity contribution >= 4 is 0 Å². The van der Waals surface area contributed by atoms with Crippen LogP contribution in [0.5, 0.6) is 0 Å². The number of hydrogen-bond donors (Lipinski definition) is 0. The lowest BCUT2D eigenvalue weighted by atomic mass is 10.2. The molecule has 7 heteroatoms. The Bertz CT molecular complexity index is 401. The lowest BCUT2D eigenvalue weighted by Gasteiger charge is -2.07. The van der Waals surface area contributed by atoms with E-state index in [1.54, 1.807) is 0 Å². The first-order valence-corrected chi connectivity index (χ1v) is 9.56. The minimum atomic E-state index is 0.579. The van der Waals surface area contributed by atoms with Gasteiger partial charge < -0.3 is 18.9 Å². The second kappa shape index (κ2) is 16.4. The van der Waals surface area contributed by atoms with Crippen LogP contribution in [0.15, 0.2) is 6.20 Å². The van der Waals surface area contributed by atoms with Gasteiger partial charge in [0.25, 0.3) is 0 Å². The summed E-state index contributed by atoms with van der Waals surface area (Å²) < 4.78 is 23.5. The van der Waals surface area contributed by atoms with Gasteiger partial charge in [-0.3, -0.25) is 0 Å². The maximum atomic E-state index is 5.54. The standard InChI is InChI=1S/C18H35N3O4/c1-3-5-6-7-18-17-21(20-19-18)8-10-23-12-14-25-16-15-24-13-11-22-9-4-2/h17H,3-16H2,1-2H3. The van der Waals surface area contributed by atoms with E-state index < -0.39 is 0 Å². The van der Waals surface area contributed by atoms with Crippen LogP contribution in [0.4, 0.5) is 0 Å². The summed E-state index contributed by atoms with van der Waals surface area (Å²) in [5.41, 5.74) is 1.07. The van der Waals surface area contributed by atoms with Crippen molar-refractivity contribution in [1.29, 1.82) is 0 Å². The normalized spacial score (nSPS) is 11.3. The lowest BCUT2D eigenvalue weighted by molar-refractivity contribution is -0.00269. The molecule has 1 aromatic heterocycles. The first-order chi connectivity index (χ1) is 12.4. The fourth-order valence-corrected chi connectivity index (χ4v) is 2.18. The van der Waals surface area contributed by atoms with E-state index in [-0.39, 0.29) is 0 Å². The maximum absolute atomic E-state index is 5.54. The quantitative estimate of drug-likeness (QED) is 0.376. The van der Waals surface area contributed by atoms with E-state index in [0.717, 1.165) is 31.7 Å². The zero-order valence-corrected chi connectivity index (χ0v) is 16.0. The highest BCUT2D eigenvalue weighted by Gasteiger charge is 2.00. The van der Waals surface area contributed by atoms with Crippen molar-refractivity contribution in [3.05, 3.63) is 11.9 Å². The Morgan fingerprint density at radius 1 is 0.760 bits per heavy atom. The lowest BCUT2D eigenvalue weighted by Crippen LogP contribution is -2.13. The smallest absolute Gasteiger partial charge is 0.0827 e. The molecule has 1 aromatic rings. The molecule has 25 heavy (non-hydrogen) atoms. The fraction of sp³-hybridized carbons (Fsp3) is 0.889.